The Labute approximate surface area is 395 Å². The van der Waals surface area contributed by atoms with Crippen molar-refractivity contribution in [2.75, 3.05) is 38.6 Å². The number of aromatic hydroxyl groups is 3. The van der Waals surface area contributed by atoms with Crippen molar-refractivity contribution in [2.24, 2.45) is 22.6 Å². The second kappa shape index (κ2) is 27.0. The maximum Gasteiger partial charge on any atom is 0.338 e. The Balaban J connectivity index is 1.75. The number of hydrogen-bond donors (Lipinski definition) is 16. The third kappa shape index (κ3) is 17.7. The van der Waals surface area contributed by atoms with E-state index >= 15 is 0 Å². The van der Waals surface area contributed by atoms with Crippen molar-refractivity contribution in [3.8, 4) is 17.2 Å². The number of guanidine groups is 1. The second-order valence-corrected chi connectivity index (χ2v) is 17.2. The van der Waals surface area contributed by atoms with Crippen molar-refractivity contribution >= 4 is 58.3 Å². The van der Waals surface area contributed by atoms with Crippen LogP contribution in [0.15, 0.2) is 72.8 Å². The van der Waals surface area contributed by atoms with Crippen molar-refractivity contribution in [3.05, 3.63) is 89.5 Å². The number of hydrogen-bond acceptors (Lipinski definition) is 15. The first kappa shape index (κ1) is 55.3. The molecule has 0 heterocycles. The van der Waals surface area contributed by atoms with E-state index in [4.69, 9.17) is 17.2 Å². The minimum absolute atomic E-state index is 0.0131. The van der Waals surface area contributed by atoms with Crippen LogP contribution in [0.2, 0.25) is 0 Å². The smallest absolute Gasteiger partial charge is 0.338 e. The molecule has 0 aromatic heterocycles. The summed E-state index contributed by atoms with van der Waals surface area (Å²) >= 11 is 0.724. The highest BCUT2D eigenvalue weighted by Crippen LogP contribution is 2.24. The molecule has 0 aliphatic rings. The third-order valence-electron chi connectivity index (χ3n) is 10.2. The number of rotatable bonds is 26. The zero-order chi connectivity index (χ0) is 50.6. The lowest BCUT2D eigenvalue weighted by molar-refractivity contribution is -0.459. The normalized spacial score (nSPS) is 13.8. The highest BCUT2D eigenvalue weighted by molar-refractivity contribution is 8.13. The van der Waals surface area contributed by atoms with E-state index in [1.54, 1.807) is 0 Å². The molecule has 6 amide bonds. The predicted octanol–water partition coefficient (Wildman–Crippen LogP) is -4.12. The first-order valence-corrected chi connectivity index (χ1v) is 22.2. The van der Waals surface area contributed by atoms with Crippen molar-refractivity contribution in [2.45, 2.75) is 69.4 Å². The molecule has 0 aliphatic carbocycles. The van der Waals surface area contributed by atoms with Gasteiger partial charge in [0.15, 0.2) is 0 Å². The average molecular weight is 970 g/mol. The van der Waals surface area contributed by atoms with E-state index in [0.717, 1.165) is 11.8 Å². The molecule has 0 saturated heterocycles. The molecule has 370 valence electrons. The molecular formula is C44H61N10O13S+. The number of aliphatic hydroxyl groups excluding tert-OH is 3. The van der Waals surface area contributed by atoms with Crippen LogP contribution < -0.4 is 54.1 Å². The van der Waals surface area contributed by atoms with Crippen molar-refractivity contribution in [3.63, 3.8) is 0 Å². The van der Waals surface area contributed by atoms with Gasteiger partial charge >= 0.3 is 5.96 Å². The van der Waals surface area contributed by atoms with E-state index in [-0.39, 0.29) is 79.0 Å². The van der Waals surface area contributed by atoms with Gasteiger partial charge in [0.2, 0.25) is 40.6 Å². The van der Waals surface area contributed by atoms with Gasteiger partial charge in [-0.3, -0.25) is 50.0 Å². The molecule has 6 atom stereocenters. The van der Waals surface area contributed by atoms with Gasteiger partial charge in [0.25, 0.3) is 0 Å². The number of nitrogens with one attached hydrogen (secondary N) is 7. The van der Waals surface area contributed by atoms with Crippen molar-refractivity contribution in [1.82, 2.24) is 31.9 Å². The molecule has 3 aromatic carbocycles. The molecule has 23 nitrogen and oxygen atoms in total. The van der Waals surface area contributed by atoms with Crippen LogP contribution in [0.3, 0.4) is 0 Å². The van der Waals surface area contributed by atoms with Gasteiger partial charge in [0, 0.05) is 30.7 Å². The highest BCUT2D eigenvalue weighted by Gasteiger charge is 2.34. The number of thioether (sulfide) groups is 1. The van der Waals surface area contributed by atoms with Crippen LogP contribution in [0.4, 0.5) is 0 Å². The molecule has 24 heteroatoms. The van der Waals surface area contributed by atoms with Gasteiger partial charge < -0.3 is 68.3 Å². The number of carbonyl (C=O) groups excluding carboxylic acids is 7. The van der Waals surface area contributed by atoms with Crippen LogP contribution in [-0.2, 0) is 33.6 Å². The summed E-state index contributed by atoms with van der Waals surface area (Å²) in [5, 5.41) is 73.8. The molecular weight excluding hydrogens is 909 g/mol. The summed E-state index contributed by atoms with van der Waals surface area (Å²) in [4.78, 5) is 96.0. The molecule has 3 rings (SSSR count). The summed E-state index contributed by atoms with van der Waals surface area (Å²) in [6.45, 7) is 1.60. The lowest BCUT2D eigenvalue weighted by Crippen LogP contribution is -2.78. The molecule has 0 unspecified atom stereocenters. The van der Waals surface area contributed by atoms with Crippen molar-refractivity contribution < 1.29 is 69.2 Å². The summed E-state index contributed by atoms with van der Waals surface area (Å²) in [5.74, 6) is -5.45. The van der Waals surface area contributed by atoms with Gasteiger partial charge in [0.1, 0.15) is 53.6 Å². The summed E-state index contributed by atoms with van der Waals surface area (Å²) < 4.78 is 0. The first-order valence-electron chi connectivity index (χ1n) is 21.2. The summed E-state index contributed by atoms with van der Waals surface area (Å²) in [5.41, 5.74) is 16.7. The molecule has 0 fully saturated rings. The summed E-state index contributed by atoms with van der Waals surface area (Å²) in [6, 6.07) is 8.52. The zero-order valence-corrected chi connectivity index (χ0v) is 38.3. The Morgan fingerprint density at radius 3 is 1.68 bits per heavy atom. The molecule has 3 aromatic rings. The predicted molar refractivity (Wildman–Crippen MR) is 247 cm³/mol. The largest absolute Gasteiger partial charge is 0.508 e. The van der Waals surface area contributed by atoms with Gasteiger partial charge in [-0.1, -0.05) is 62.0 Å². The van der Waals surface area contributed by atoms with E-state index in [0.29, 0.717) is 5.56 Å². The average Bonchev–Trinajstić information content (AvgIpc) is 3.31. The molecule has 0 radical (unpaired) electrons. The summed E-state index contributed by atoms with van der Waals surface area (Å²) in [7, 11) is 0. The molecule has 68 heavy (non-hydrogen) atoms. The lowest BCUT2D eigenvalue weighted by atomic mass is 9.87. The van der Waals surface area contributed by atoms with Crippen LogP contribution in [-0.4, -0.2) is 134 Å². The summed E-state index contributed by atoms with van der Waals surface area (Å²) in [6.07, 6.45) is -1.48. The van der Waals surface area contributed by atoms with E-state index in [1.165, 1.54) is 86.6 Å². The number of benzene rings is 3. The first-order chi connectivity index (χ1) is 32.2. The van der Waals surface area contributed by atoms with Crippen LogP contribution in [0.1, 0.15) is 67.9 Å². The van der Waals surface area contributed by atoms with Gasteiger partial charge in [-0.15, -0.1) is 0 Å². The third-order valence-corrected chi connectivity index (χ3v) is 11.2. The van der Waals surface area contributed by atoms with Gasteiger partial charge in [-0.2, -0.15) is 0 Å². The van der Waals surface area contributed by atoms with Crippen LogP contribution in [0.5, 0.6) is 17.2 Å². The van der Waals surface area contributed by atoms with Gasteiger partial charge in [-0.05, 0) is 65.9 Å². The lowest BCUT2D eigenvalue weighted by Gasteiger charge is -2.27. The fourth-order valence-electron chi connectivity index (χ4n) is 6.10. The van der Waals surface area contributed by atoms with E-state index in [2.05, 4.69) is 36.9 Å². The number of phenolic OH excluding ortho intramolecular Hbond substituents is 3. The SMILES string of the molecule is CC(C)(CO)[C@@H](O)C(=O)NCCC(=O)NCCSC(=O)[C@H](NC(=O)[C@H](CO)NC(=O)[C@H](NC(=O)[C@H](CCC[NH+]=C(N)N)NC(=O)[C@@H](N)c1ccc(O)cc1)c1ccc(O)cc1)c1ccc(O)cc1. The molecule has 19 N–H and O–H groups in total. The van der Waals surface area contributed by atoms with E-state index in [9.17, 15) is 64.2 Å². The Bertz CT molecular complexity index is 2210. The van der Waals surface area contributed by atoms with E-state index < -0.39 is 95.5 Å². The van der Waals surface area contributed by atoms with Gasteiger partial charge in [0.05, 0.1) is 19.8 Å². The number of carbonyl (C=O) groups is 7. The Hall–Kier alpha value is -6.99. The van der Waals surface area contributed by atoms with Crippen LogP contribution in [0.25, 0.3) is 0 Å². The van der Waals surface area contributed by atoms with Gasteiger partial charge in [-0.25, -0.2) is 0 Å². The fraction of sp³-hybridized carbons (Fsp3) is 0.409. The maximum absolute atomic E-state index is 14.1. The molecule has 0 saturated carbocycles. The number of aliphatic hydroxyl groups is 3. The Morgan fingerprint density at radius 1 is 0.647 bits per heavy atom. The molecule has 0 bridgehead atoms. The molecule has 0 aliphatic heterocycles. The minimum atomic E-state index is -1.73. The molecule has 0 spiro atoms. The number of phenols is 3. The Morgan fingerprint density at radius 2 is 1.15 bits per heavy atom. The zero-order valence-electron chi connectivity index (χ0n) is 37.4. The maximum atomic E-state index is 14.1. The highest BCUT2D eigenvalue weighted by atomic mass is 32.2. The van der Waals surface area contributed by atoms with E-state index in [1.807, 2.05) is 0 Å². The fourth-order valence-corrected chi connectivity index (χ4v) is 6.87. The quantitative estimate of drug-likeness (QED) is 0.0206. The minimum Gasteiger partial charge on any atom is -0.508 e. The monoisotopic (exact) mass is 969 g/mol. The van der Waals surface area contributed by atoms with Crippen LogP contribution in [0, 0.1) is 5.41 Å². The number of amides is 6. The number of nitrogens with two attached hydrogens (primary N) is 3. The Kier molecular flexibility index (Phi) is 22.0. The van der Waals surface area contributed by atoms with Crippen LogP contribution >= 0.6 is 11.8 Å². The van der Waals surface area contributed by atoms with Crippen molar-refractivity contribution in [1.29, 1.82) is 0 Å². The topological polar surface area (TPSA) is 405 Å². The second-order valence-electron chi connectivity index (χ2n) is 16.1. The standard InChI is InChI=1S/C44H60N10O13S/c1-44(2,23-56)36(61)41(66)49-19-17-32(60)48-20-21-68-42(67)35(26-9-15-29(59)16-10-26)54-38(63)31(22-55)52-40(65)34(25-7-13-28(58)14-8-25)53-37(62)30(4-3-18-50-43(46)47)51-39(64)33(45)24-5-11-27(57)12-6-24/h5-16,30-31,33-36,55-59,61H,3-4,17-23,45H2,1-2H3,(H,48,60)(H,49,66)(H,51,64)(H,52,65)(H,53,62)(H,54,63)(H4,46,47,50)/p+1/t30-,31-,33-,34+,35+,36-/m0/s1.